The molecule has 2 aliphatic rings. The van der Waals surface area contributed by atoms with Gasteiger partial charge in [0.2, 0.25) is 0 Å². The number of aryl methyl sites for hydroxylation is 1. The summed E-state index contributed by atoms with van der Waals surface area (Å²) in [7, 11) is 0. The number of rotatable bonds is 4. The van der Waals surface area contributed by atoms with Crippen LogP contribution in [0.4, 0.5) is 5.82 Å². The van der Waals surface area contributed by atoms with Gasteiger partial charge in [-0.15, -0.1) is 0 Å². The fraction of sp³-hybridized carbons (Fsp3) is 0.207. The van der Waals surface area contributed by atoms with E-state index in [0.29, 0.717) is 19.2 Å². The topological polar surface area (TPSA) is 56.1 Å². The molecule has 2 aromatic heterocycles. The maximum atomic E-state index is 5.61. The highest BCUT2D eigenvalue weighted by atomic mass is 16.5. The highest BCUT2D eigenvalue weighted by Gasteiger charge is 2.21. The van der Waals surface area contributed by atoms with Gasteiger partial charge in [-0.1, -0.05) is 66.8 Å². The molecule has 2 aromatic carbocycles. The van der Waals surface area contributed by atoms with Gasteiger partial charge in [0.1, 0.15) is 5.82 Å². The van der Waals surface area contributed by atoms with Crippen LogP contribution < -0.4 is 4.90 Å². The van der Waals surface area contributed by atoms with E-state index >= 15 is 0 Å². The monoisotopic (exact) mass is 461 g/mol. The van der Waals surface area contributed by atoms with Crippen LogP contribution in [0.15, 0.2) is 85.1 Å². The van der Waals surface area contributed by atoms with E-state index in [1.165, 1.54) is 11.1 Å². The average molecular weight is 462 g/mol. The van der Waals surface area contributed by atoms with Crippen LogP contribution in [-0.2, 0) is 4.74 Å². The maximum Gasteiger partial charge on any atom is 0.253 e. The van der Waals surface area contributed by atoms with Crippen molar-refractivity contribution in [2.75, 3.05) is 31.2 Å². The van der Waals surface area contributed by atoms with E-state index in [2.05, 4.69) is 66.5 Å². The Balaban J connectivity index is 1.51. The number of fused-ring (bicyclic) bond motifs is 1. The largest absolute Gasteiger partial charge is 0.378 e. The second-order valence-corrected chi connectivity index (χ2v) is 8.80. The van der Waals surface area contributed by atoms with E-state index in [0.717, 1.165) is 53.1 Å². The molecule has 35 heavy (non-hydrogen) atoms. The lowest BCUT2D eigenvalue weighted by atomic mass is 9.95. The zero-order valence-corrected chi connectivity index (χ0v) is 19.8. The summed E-state index contributed by atoms with van der Waals surface area (Å²) in [5, 5.41) is 5.88. The lowest BCUT2D eigenvalue weighted by Gasteiger charge is -2.29. The van der Waals surface area contributed by atoms with E-state index in [-0.39, 0.29) is 0 Å². The van der Waals surface area contributed by atoms with Crippen molar-refractivity contribution >= 4 is 22.3 Å². The Morgan fingerprint density at radius 2 is 1.74 bits per heavy atom. The molecule has 1 aliphatic heterocycles. The predicted molar refractivity (Wildman–Crippen MR) is 141 cm³/mol. The molecule has 0 spiro atoms. The maximum absolute atomic E-state index is 5.61. The third kappa shape index (κ3) is 4.17. The molecule has 0 amide bonds. The number of ether oxygens (including phenoxy) is 1. The second kappa shape index (κ2) is 9.31. The number of allylic oxidation sites excluding steroid dienone is 6. The van der Waals surface area contributed by atoms with Crippen LogP contribution >= 0.6 is 0 Å². The third-order valence-corrected chi connectivity index (χ3v) is 6.60. The molecule has 6 heteroatoms. The molecular formula is C29H27N5O. The number of morpholine rings is 1. The van der Waals surface area contributed by atoms with Gasteiger partial charge in [0.05, 0.1) is 24.4 Å². The van der Waals surface area contributed by atoms with Crippen LogP contribution in [0.5, 0.6) is 0 Å². The normalized spacial score (nSPS) is 15.9. The first kappa shape index (κ1) is 21.5. The van der Waals surface area contributed by atoms with Crippen molar-refractivity contribution in [3.63, 3.8) is 0 Å². The number of aromatic nitrogens is 4. The van der Waals surface area contributed by atoms with Crippen LogP contribution in [0.2, 0.25) is 0 Å². The van der Waals surface area contributed by atoms with Gasteiger partial charge in [0, 0.05) is 30.2 Å². The van der Waals surface area contributed by atoms with Crippen molar-refractivity contribution in [2.24, 2.45) is 0 Å². The Morgan fingerprint density at radius 3 is 2.60 bits per heavy atom. The number of hydrogen-bond donors (Lipinski definition) is 0. The summed E-state index contributed by atoms with van der Waals surface area (Å²) < 4.78 is 7.40. The highest BCUT2D eigenvalue weighted by Crippen LogP contribution is 2.33. The Bertz CT molecular complexity index is 1460. The molecule has 0 atom stereocenters. The van der Waals surface area contributed by atoms with Gasteiger partial charge in [0.15, 0.2) is 0 Å². The second-order valence-electron chi connectivity index (χ2n) is 8.80. The van der Waals surface area contributed by atoms with Gasteiger partial charge < -0.3 is 9.64 Å². The summed E-state index contributed by atoms with van der Waals surface area (Å²) >= 11 is 0. The summed E-state index contributed by atoms with van der Waals surface area (Å²) in [4.78, 5) is 12.4. The van der Waals surface area contributed by atoms with Crippen molar-refractivity contribution in [3.05, 3.63) is 96.2 Å². The van der Waals surface area contributed by atoms with Crippen LogP contribution in [0.1, 0.15) is 17.5 Å². The molecule has 3 heterocycles. The zero-order chi connectivity index (χ0) is 23.6. The van der Waals surface area contributed by atoms with E-state index in [1.807, 2.05) is 30.5 Å². The molecule has 6 nitrogen and oxygen atoms in total. The standard InChI is InChI=1S/C29H27N5O/c1-21-24(22-9-5-2-3-6-10-22)13-14-25-27(21)30-29(31-28(25)33-17-19-35-20-18-33)34-16-15-26(32-34)23-11-7-4-8-12-23/h2-9,11-16H,10,17-20H2,1H3. The minimum absolute atomic E-state index is 0.580. The summed E-state index contributed by atoms with van der Waals surface area (Å²) in [5.74, 6) is 1.52. The van der Waals surface area contributed by atoms with Crippen molar-refractivity contribution in [1.82, 2.24) is 19.7 Å². The number of nitrogens with zero attached hydrogens (tertiary/aromatic N) is 5. The molecule has 0 bridgehead atoms. The summed E-state index contributed by atoms with van der Waals surface area (Å²) in [5.41, 5.74) is 6.59. The van der Waals surface area contributed by atoms with Gasteiger partial charge in [-0.3, -0.25) is 0 Å². The van der Waals surface area contributed by atoms with Crippen LogP contribution in [0.3, 0.4) is 0 Å². The molecule has 0 saturated carbocycles. The van der Waals surface area contributed by atoms with Gasteiger partial charge in [-0.25, -0.2) is 9.67 Å². The minimum atomic E-state index is 0.580. The fourth-order valence-electron chi connectivity index (χ4n) is 4.75. The number of benzene rings is 2. The molecule has 0 radical (unpaired) electrons. The van der Waals surface area contributed by atoms with E-state index in [1.54, 1.807) is 4.68 Å². The van der Waals surface area contributed by atoms with E-state index < -0.39 is 0 Å². The Hall–Kier alpha value is -4.03. The number of anilines is 1. The van der Waals surface area contributed by atoms with E-state index in [4.69, 9.17) is 19.8 Å². The van der Waals surface area contributed by atoms with Crippen molar-refractivity contribution in [2.45, 2.75) is 13.3 Å². The Kier molecular flexibility index (Phi) is 5.72. The van der Waals surface area contributed by atoms with Crippen LogP contribution in [0.25, 0.3) is 33.7 Å². The summed E-state index contributed by atoms with van der Waals surface area (Å²) in [6.45, 7) is 5.17. The average Bonchev–Trinajstić information content (AvgIpc) is 3.26. The van der Waals surface area contributed by atoms with Crippen molar-refractivity contribution < 1.29 is 4.74 Å². The molecule has 6 rings (SSSR count). The SMILES string of the molecule is Cc1c(C2=CC=CC=CC2)ccc2c(N3CCOCC3)nc(-n3ccc(-c4ccccc4)n3)nc12. The van der Waals surface area contributed by atoms with E-state index in [9.17, 15) is 0 Å². The Labute approximate surface area is 204 Å². The first-order valence-electron chi connectivity index (χ1n) is 12.1. The number of hydrogen-bond acceptors (Lipinski definition) is 5. The van der Waals surface area contributed by atoms with Crippen molar-refractivity contribution in [3.8, 4) is 17.2 Å². The molecular weight excluding hydrogens is 434 g/mol. The first-order chi connectivity index (χ1) is 17.3. The van der Waals surface area contributed by atoms with Gasteiger partial charge >= 0.3 is 0 Å². The molecule has 4 aromatic rings. The lowest BCUT2D eigenvalue weighted by molar-refractivity contribution is 0.122. The van der Waals surface area contributed by atoms with Gasteiger partial charge in [0.25, 0.3) is 5.95 Å². The molecule has 1 aliphatic carbocycles. The molecule has 1 fully saturated rings. The van der Waals surface area contributed by atoms with Gasteiger partial charge in [-0.2, -0.15) is 10.1 Å². The quantitative estimate of drug-likeness (QED) is 0.400. The predicted octanol–water partition coefficient (Wildman–Crippen LogP) is 5.53. The highest BCUT2D eigenvalue weighted by molar-refractivity contribution is 5.95. The lowest BCUT2D eigenvalue weighted by Crippen LogP contribution is -2.37. The van der Waals surface area contributed by atoms with Crippen LogP contribution in [-0.4, -0.2) is 46.1 Å². The zero-order valence-electron chi connectivity index (χ0n) is 19.8. The first-order valence-corrected chi connectivity index (χ1v) is 12.1. The molecule has 0 unspecified atom stereocenters. The Morgan fingerprint density at radius 1 is 0.886 bits per heavy atom. The summed E-state index contributed by atoms with van der Waals surface area (Å²) in [6.07, 6.45) is 13.5. The van der Waals surface area contributed by atoms with Gasteiger partial charge in [-0.05, 0) is 42.2 Å². The van der Waals surface area contributed by atoms with Crippen LogP contribution in [0, 0.1) is 6.92 Å². The minimum Gasteiger partial charge on any atom is -0.378 e. The smallest absolute Gasteiger partial charge is 0.253 e. The fourth-order valence-corrected chi connectivity index (χ4v) is 4.75. The third-order valence-electron chi connectivity index (χ3n) is 6.60. The molecule has 0 N–H and O–H groups in total. The molecule has 174 valence electrons. The molecule has 1 saturated heterocycles. The summed E-state index contributed by atoms with van der Waals surface area (Å²) in [6, 6.07) is 16.6. The van der Waals surface area contributed by atoms with Crippen molar-refractivity contribution in [1.29, 1.82) is 0 Å².